The van der Waals surface area contributed by atoms with Crippen LogP contribution in [0.15, 0.2) is 18.2 Å². The van der Waals surface area contributed by atoms with Gasteiger partial charge in [-0.25, -0.2) is 0 Å². The quantitative estimate of drug-likeness (QED) is 0.587. The van der Waals surface area contributed by atoms with Gasteiger partial charge in [-0.3, -0.25) is 0 Å². The zero-order valence-electron chi connectivity index (χ0n) is 8.35. The molecule has 0 saturated carbocycles. The van der Waals surface area contributed by atoms with Gasteiger partial charge in [0, 0.05) is 0 Å². The molecule has 0 N–H and O–H groups in total. The molecule has 0 fully saturated rings. The van der Waals surface area contributed by atoms with Crippen molar-refractivity contribution >= 4 is 13.3 Å². The van der Waals surface area contributed by atoms with Crippen molar-refractivity contribution in [2.24, 2.45) is 0 Å². The molecule has 0 bridgehead atoms. The van der Waals surface area contributed by atoms with Gasteiger partial charge in [0.25, 0.3) is 0 Å². The minimum absolute atomic E-state index is 1.15. The first-order chi connectivity index (χ1) is 5.76. The minimum atomic E-state index is 1.15. The van der Waals surface area contributed by atoms with Gasteiger partial charge in [-0.15, -0.1) is 0 Å². The number of hydrogen-bond acceptors (Lipinski definition) is 0. The lowest BCUT2D eigenvalue weighted by molar-refractivity contribution is 0.918. The van der Waals surface area contributed by atoms with E-state index in [0.717, 1.165) is 6.42 Å². The summed E-state index contributed by atoms with van der Waals surface area (Å²) >= 11 is 0. The molecule has 0 aromatic heterocycles. The lowest BCUT2D eigenvalue weighted by atomic mass is 9.90. The Labute approximate surface area is 76.4 Å². The summed E-state index contributed by atoms with van der Waals surface area (Å²) in [6, 6.07) is 6.90. The van der Waals surface area contributed by atoms with Crippen molar-refractivity contribution in [1.82, 2.24) is 0 Å². The number of hydrogen-bond donors (Lipinski definition) is 0. The van der Waals surface area contributed by atoms with Crippen molar-refractivity contribution in [3.05, 3.63) is 29.3 Å². The van der Waals surface area contributed by atoms with Gasteiger partial charge in [0.05, 0.1) is 0 Å². The van der Waals surface area contributed by atoms with Crippen molar-refractivity contribution in [2.45, 2.75) is 33.1 Å². The molecular formula is C11H17B. The van der Waals surface area contributed by atoms with Gasteiger partial charge < -0.3 is 0 Å². The first kappa shape index (κ1) is 9.37. The molecule has 0 nitrogen and oxygen atoms in total. The average Bonchev–Trinajstić information content (AvgIpc) is 2.04. The minimum Gasteiger partial charge on any atom is -0.0884 e. The number of benzene rings is 1. The predicted octanol–water partition coefficient (Wildman–Crippen LogP) is 1.46. The zero-order valence-corrected chi connectivity index (χ0v) is 8.35. The Kier molecular flexibility index (Phi) is 3.39. The highest BCUT2D eigenvalue weighted by Gasteiger charge is 1.95. The van der Waals surface area contributed by atoms with Crippen molar-refractivity contribution < 1.29 is 0 Å². The van der Waals surface area contributed by atoms with Gasteiger partial charge in [-0.1, -0.05) is 43.9 Å². The Morgan fingerprint density at radius 2 is 1.75 bits per heavy atom. The zero-order chi connectivity index (χ0) is 8.97. The van der Waals surface area contributed by atoms with Crippen LogP contribution in [0.2, 0.25) is 0 Å². The van der Waals surface area contributed by atoms with Crippen molar-refractivity contribution in [3.8, 4) is 0 Å². The lowest BCUT2D eigenvalue weighted by Crippen LogP contribution is -2.05. The summed E-state index contributed by atoms with van der Waals surface area (Å²) in [5.41, 5.74) is 4.37. The maximum Gasteiger partial charge on any atom is 0.139 e. The van der Waals surface area contributed by atoms with Crippen LogP contribution in [0.4, 0.5) is 0 Å². The van der Waals surface area contributed by atoms with E-state index in [0.29, 0.717) is 0 Å². The van der Waals surface area contributed by atoms with Crippen LogP contribution in [-0.4, -0.2) is 7.85 Å². The molecule has 0 amide bonds. The largest absolute Gasteiger partial charge is 0.139 e. The van der Waals surface area contributed by atoms with E-state index in [4.69, 9.17) is 0 Å². The summed E-state index contributed by atoms with van der Waals surface area (Å²) in [5, 5.41) is 0. The summed E-state index contributed by atoms with van der Waals surface area (Å²) in [6.45, 7) is 4.44. The molecule has 0 aliphatic rings. The second kappa shape index (κ2) is 4.35. The van der Waals surface area contributed by atoms with E-state index in [1.165, 1.54) is 29.4 Å². The van der Waals surface area contributed by atoms with Crippen LogP contribution in [0.3, 0.4) is 0 Å². The summed E-state index contributed by atoms with van der Waals surface area (Å²) in [5.74, 6) is 0. The molecule has 0 unspecified atom stereocenters. The molecule has 64 valence electrons. The molecule has 1 aromatic carbocycles. The van der Waals surface area contributed by atoms with Gasteiger partial charge >= 0.3 is 0 Å². The van der Waals surface area contributed by atoms with Gasteiger partial charge in [-0.05, 0) is 24.0 Å². The Balaban J connectivity index is 2.90. The molecule has 1 heteroatoms. The Hall–Kier alpha value is -0.715. The molecular weight excluding hydrogens is 143 g/mol. The highest BCUT2D eigenvalue weighted by molar-refractivity contribution is 6.32. The van der Waals surface area contributed by atoms with Crippen LogP contribution in [0.1, 0.15) is 31.4 Å². The van der Waals surface area contributed by atoms with E-state index in [9.17, 15) is 0 Å². The third kappa shape index (κ3) is 2.40. The molecule has 0 saturated heterocycles. The normalized spacial score (nSPS) is 10.2. The maximum absolute atomic E-state index is 2.33. The number of rotatable bonds is 3. The van der Waals surface area contributed by atoms with Crippen LogP contribution in [0.5, 0.6) is 0 Å². The summed E-state index contributed by atoms with van der Waals surface area (Å²) in [7, 11) is 2.18. The second-order valence-electron chi connectivity index (χ2n) is 3.43. The fraction of sp³-hybridized carbons (Fsp3) is 0.455. The third-order valence-corrected chi connectivity index (χ3v) is 2.14. The highest BCUT2D eigenvalue weighted by Crippen LogP contribution is 2.05. The fourth-order valence-corrected chi connectivity index (χ4v) is 1.59. The van der Waals surface area contributed by atoms with Crippen LogP contribution in [0.25, 0.3) is 0 Å². The Bertz CT molecular complexity index is 253. The standard InChI is InChI=1S/C11H17B/c1-3-5-10-6-9(4-2)7-11(12)8-10/h6-8H,3-5,12H2,1-2H3. The van der Waals surface area contributed by atoms with Crippen LogP contribution in [-0.2, 0) is 12.8 Å². The van der Waals surface area contributed by atoms with E-state index >= 15 is 0 Å². The van der Waals surface area contributed by atoms with Crippen molar-refractivity contribution in [1.29, 1.82) is 0 Å². The first-order valence-electron chi connectivity index (χ1n) is 4.85. The SMILES string of the molecule is Bc1cc(CC)cc(CCC)c1. The molecule has 0 heterocycles. The third-order valence-electron chi connectivity index (χ3n) is 2.14. The van der Waals surface area contributed by atoms with Gasteiger partial charge in [0.1, 0.15) is 7.85 Å². The van der Waals surface area contributed by atoms with E-state index in [-0.39, 0.29) is 0 Å². The molecule has 0 atom stereocenters. The van der Waals surface area contributed by atoms with Crippen molar-refractivity contribution in [3.63, 3.8) is 0 Å². The first-order valence-corrected chi connectivity index (χ1v) is 4.85. The summed E-state index contributed by atoms with van der Waals surface area (Å²) in [4.78, 5) is 0. The van der Waals surface area contributed by atoms with Crippen molar-refractivity contribution in [2.75, 3.05) is 0 Å². The smallest absolute Gasteiger partial charge is 0.0884 e. The Morgan fingerprint density at radius 1 is 1.08 bits per heavy atom. The molecule has 0 spiro atoms. The molecule has 0 aliphatic carbocycles. The van der Waals surface area contributed by atoms with Gasteiger partial charge in [0.2, 0.25) is 0 Å². The fourth-order valence-electron chi connectivity index (χ4n) is 1.59. The van der Waals surface area contributed by atoms with E-state index < -0.39 is 0 Å². The monoisotopic (exact) mass is 160 g/mol. The maximum atomic E-state index is 2.33. The van der Waals surface area contributed by atoms with E-state index in [1.807, 2.05) is 0 Å². The van der Waals surface area contributed by atoms with Gasteiger partial charge in [0.15, 0.2) is 0 Å². The van der Waals surface area contributed by atoms with Crippen LogP contribution in [0, 0.1) is 0 Å². The van der Waals surface area contributed by atoms with E-state index in [1.54, 1.807) is 0 Å². The summed E-state index contributed by atoms with van der Waals surface area (Å²) in [6.07, 6.45) is 3.61. The molecule has 0 radical (unpaired) electrons. The number of aryl methyl sites for hydroxylation is 2. The topological polar surface area (TPSA) is 0 Å². The van der Waals surface area contributed by atoms with Gasteiger partial charge in [-0.2, -0.15) is 0 Å². The van der Waals surface area contributed by atoms with E-state index in [2.05, 4.69) is 39.9 Å². The molecule has 1 rings (SSSR count). The van der Waals surface area contributed by atoms with Crippen LogP contribution >= 0.6 is 0 Å². The van der Waals surface area contributed by atoms with Crippen LogP contribution < -0.4 is 5.46 Å². The Morgan fingerprint density at radius 3 is 2.33 bits per heavy atom. The average molecular weight is 160 g/mol. The summed E-state index contributed by atoms with van der Waals surface area (Å²) < 4.78 is 0. The molecule has 12 heavy (non-hydrogen) atoms. The predicted molar refractivity (Wildman–Crippen MR) is 58.0 cm³/mol. The molecule has 0 aliphatic heterocycles. The lowest BCUT2D eigenvalue weighted by Gasteiger charge is -2.04. The highest BCUT2D eigenvalue weighted by atomic mass is 14.0. The second-order valence-corrected chi connectivity index (χ2v) is 3.43. The molecule has 1 aromatic rings.